The molecule has 0 saturated carbocycles. The molecule has 0 aliphatic heterocycles. The number of hydrogen-bond acceptors (Lipinski definition) is 1. The van der Waals surface area contributed by atoms with E-state index in [1.165, 1.54) is 18.4 Å². The van der Waals surface area contributed by atoms with Crippen molar-refractivity contribution in [3.05, 3.63) is 66.2 Å². The van der Waals surface area contributed by atoms with Crippen molar-refractivity contribution >= 4 is 0 Å². The van der Waals surface area contributed by atoms with Crippen LogP contribution in [0.15, 0.2) is 60.7 Å². The lowest BCUT2D eigenvalue weighted by atomic mass is 9.74. The third kappa shape index (κ3) is 6.25. The Morgan fingerprint density at radius 2 is 1.25 bits per heavy atom. The van der Waals surface area contributed by atoms with E-state index in [9.17, 15) is 0 Å². The van der Waals surface area contributed by atoms with Crippen LogP contribution in [0.2, 0.25) is 0 Å². The second kappa shape index (κ2) is 10.9. The maximum atomic E-state index is 6.07. The first-order chi connectivity index (χ1) is 12.8. The van der Waals surface area contributed by atoms with E-state index >= 15 is 0 Å². The third-order valence-corrected chi connectivity index (χ3v) is 5.62. The predicted molar refractivity (Wildman–Crippen MR) is 116 cm³/mol. The maximum absolute atomic E-state index is 6.07. The maximum Gasteiger partial charge on any atom is 0.137 e. The highest BCUT2D eigenvalue weighted by Gasteiger charge is 2.47. The zero-order chi connectivity index (χ0) is 19.9. The number of benzene rings is 2. The van der Waals surface area contributed by atoms with E-state index in [-0.39, 0.29) is 17.9 Å². The molecule has 2 nitrogen and oxygen atoms in total. The van der Waals surface area contributed by atoms with Crippen molar-refractivity contribution in [1.29, 1.82) is 0 Å². The summed E-state index contributed by atoms with van der Waals surface area (Å²) >= 11 is 0. The van der Waals surface area contributed by atoms with Crippen LogP contribution in [0.3, 0.4) is 0 Å². The monoisotopic (exact) mass is 403 g/mol. The molecular weight excluding hydrogens is 366 g/mol. The van der Waals surface area contributed by atoms with Gasteiger partial charge in [0.05, 0.1) is 14.1 Å². The van der Waals surface area contributed by atoms with Gasteiger partial charge < -0.3 is 21.6 Å². The highest BCUT2D eigenvalue weighted by Crippen LogP contribution is 2.43. The lowest BCUT2D eigenvalue weighted by Crippen LogP contribution is -3.00. The molecule has 0 heterocycles. The molecule has 0 bridgehead atoms. The van der Waals surface area contributed by atoms with Crippen LogP contribution in [0.5, 0.6) is 5.75 Å². The molecular formula is C25H38ClNO. The summed E-state index contributed by atoms with van der Waals surface area (Å²) in [6, 6.07) is 21.3. The molecule has 0 radical (unpaired) electrons. The zero-order valence-corrected chi connectivity index (χ0v) is 19.2. The number of rotatable bonds is 10. The average Bonchev–Trinajstić information content (AvgIpc) is 2.61. The number of quaternary nitrogens is 1. The normalized spacial score (nSPS) is 12.1. The molecule has 0 aliphatic carbocycles. The van der Waals surface area contributed by atoms with Crippen LogP contribution in [0, 0.1) is 11.8 Å². The van der Waals surface area contributed by atoms with Gasteiger partial charge in [-0.25, -0.2) is 0 Å². The minimum Gasteiger partial charge on any atom is -1.00 e. The van der Waals surface area contributed by atoms with Crippen LogP contribution < -0.4 is 17.1 Å². The van der Waals surface area contributed by atoms with E-state index in [0.717, 1.165) is 23.4 Å². The SMILES string of the molecule is CC(C)CC(CC(C)C)(c1ccccc1)[N+](C)(C)CCOc1ccccc1.[Cl-]. The smallest absolute Gasteiger partial charge is 0.137 e. The summed E-state index contributed by atoms with van der Waals surface area (Å²) in [6.07, 6.45) is 2.35. The van der Waals surface area contributed by atoms with Crippen LogP contribution in [0.1, 0.15) is 46.1 Å². The van der Waals surface area contributed by atoms with Crippen molar-refractivity contribution in [3.63, 3.8) is 0 Å². The summed E-state index contributed by atoms with van der Waals surface area (Å²) in [4.78, 5) is 0. The fourth-order valence-electron chi connectivity index (χ4n) is 4.38. The second-order valence-electron chi connectivity index (χ2n) is 9.16. The number of likely N-dealkylation sites (N-methyl/N-ethyl adjacent to an activating group) is 1. The Bertz CT molecular complexity index is 657. The second-order valence-corrected chi connectivity index (χ2v) is 9.16. The van der Waals surface area contributed by atoms with Gasteiger partial charge in [-0.1, -0.05) is 76.2 Å². The van der Waals surface area contributed by atoms with Crippen LogP contribution in [-0.2, 0) is 5.54 Å². The van der Waals surface area contributed by atoms with E-state index in [4.69, 9.17) is 4.74 Å². The molecule has 0 N–H and O–H groups in total. The van der Waals surface area contributed by atoms with Crippen LogP contribution in [-0.4, -0.2) is 31.7 Å². The van der Waals surface area contributed by atoms with Gasteiger partial charge in [-0.2, -0.15) is 0 Å². The number of nitrogens with zero attached hydrogens (tertiary/aromatic N) is 1. The highest BCUT2D eigenvalue weighted by atomic mass is 35.5. The number of ether oxygens (including phenoxy) is 1. The average molecular weight is 404 g/mol. The molecule has 2 rings (SSSR count). The van der Waals surface area contributed by atoms with E-state index in [0.29, 0.717) is 11.8 Å². The Balaban J connectivity index is 0.00000392. The van der Waals surface area contributed by atoms with Crippen molar-refractivity contribution in [2.24, 2.45) is 11.8 Å². The fourth-order valence-corrected chi connectivity index (χ4v) is 4.38. The summed E-state index contributed by atoms with van der Waals surface area (Å²) < 4.78 is 7.00. The summed E-state index contributed by atoms with van der Waals surface area (Å²) in [5.74, 6) is 2.23. The first-order valence-electron chi connectivity index (χ1n) is 10.3. The van der Waals surface area contributed by atoms with Crippen molar-refractivity contribution in [1.82, 2.24) is 0 Å². The Hall–Kier alpha value is -1.51. The third-order valence-electron chi connectivity index (χ3n) is 5.62. The minimum atomic E-state index is 0. The van der Waals surface area contributed by atoms with Gasteiger partial charge in [-0.15, -0.1) is 0 Å². The Kier molecular flexibility index (Phi) is 9.53. The molecule has 0 unspecified atom stereocenters. The number of para-hydroxylation sites is 1. The molecule has 0 aliphatic rings. The Labute approximate surface area is 178 Å². The van der Waals surface area contributed by atoms with E-state index in [2.05, 4.69) is 72.1 Å². The van der Waals surface area contributed by atoms with Crippen molar-refractivity contribution in [2.45, 2.75) is 46.1 Å². The predicted octanol–water partition coefficient (Wildman–Crippen LogP) is 3.13. The summed E-state index contributed by atoms with van der Waals surface area (Å²) in [7, 11) is 4.76. The summed E-state index contributed by atoms with van der Waals surface area (Å²) in [5, 5.41) is 0. The van der Waals surface area contributed by atoms with Crippen LogP contribution >= 0.6 is 0 Å². The fraction of sp³-hybridized carbons (Fsp3) is 0.520. The van der Waals surface area contributed by atoms with Gasteiger partial charge in [-0.3, -0.25) is 0 Å². The van der Waals surface area contributed by atoms with Gasteiger partial charge in [-0.05, 0) is 24.0 Å². The van der Waals surface area contributed by atoms with Gasteiger partial charge in [0, 0.05) is 18.4 Å². The van der Waals surface area contributed by atoms with E-state index < -0.39 is 0 Å². The largest absolute Gasteiger partial charge is 1.00 e. The van der Waals surface area contributed by atoms with Gasteiger partial charge in [0.25, 0.3) is 0 Å². The van der Waals surface area contributed by atoms with Crippen LogP contribution in [0.25, 0.3) is 0 Å². The Morgan fingerprint density at radius 3 is 1.71 bits per heavy atom. The summed E-state index contributed by atoms with van der Waals surface area (Å²) in [5.41, 5.74) is 1.54. The van der Waals surface area contributed by atoms with Gasteiger partial charge in [0.15, 0.2) is 0 Å². The molecule has 0 atom stereocenters. The van der Waals surface area contributed by atoms with Gasteiger partial charge in [0.2, 0.25) is 0 Å². The van der Waals surface area contributed by atoms with E-state index in [1.807, 2.05) is 30.3 Å². The zero-order valence-electron chi connectivity index (χ0n) is 18.5. The lowest BCUT2D eigenvalue weighted by Gasteiger charge is -2.51. The molecule has 3 heteroatoms. The van der Waals surface area contributed by atoms with Crippen molar-refractivity contribution in [2.75, 3.05) is 27.2 Å². The number of halogens is 1. The number of hydrogen-bond donors (Lipinski definition) is 0. The van der Waals surface area contributed by atoms with Crippen molar-refractivity contribution < 1.29 is 21.6 Å². The first kappa shape index (κ1) is 24.5. The molecule has 2 aromatic rings. The lowest BCUT2D eigenvalue weighted by molar-refractivity contribution is -0.952. The topological polar surface area (TPSA) is 9.23 Å². The molecule has 0 saturated heterocycles. The molecule has 28 heavy (non-hydrogen) atoms. The molecule has 156 valence electrons. The van der Waals surface area contributed by atoms with E-state index in [1.54, 1.807) is 0 Å². The molecule has 0 fully saturated rings. The quantitative estimate of drug-likeness (QED) is 0.554. The summed E-state index contributed by atoms with van der Waals surface area (Å²) in [6.45, 7) is 11.1. The standard InChI is InChI=1S/C25H38NO.ClH/c1-21(2)19-25(20-22(3)4,23-13-9-7-10-14-23)26(5,6)17-18-27-24-15-11-8-12-16-24;/h7-16,21-22H,17-20H2,1-6H3;1H/q+1;/p-1. The van der Waals surface area contributed by atoms with Crippen molar-refractivity contribution in [3.8, 4) is 5.75 Å². The molecule has 0 spiro atoms. The van der Waals surface area contributed by atoms with Gasteiger partial charge in [0.1, 0.15) is 24.4 Å². The first-order valence-corrected chi connectivity index (χ1v) is 10.3. The van der Waals surface area contributed by atoms with Crippen LogP contribution in [0.4, 0.5) is 0 Å². The molecule has 2 aromatic carbocycles. The van der Waals surface area contributed by atoms with Gasteiger partial charge >= 0.3 is 0 Å². The molecule has 0 amide bonds. The Morgan fingerprint density at radius 1 is 0.786 bits per heavy atom. The highest BCUT2D eigenvalue weighted by molar-refractivity contribution is 5.23. The molecule has 0 aromatic heterocycles. The minimum absolute atomic E-state index is 0.